The van der Waals surface area contributed by atoms with Gasteiger partial charge in [-0.15, -0.1) is 0 Å². The van der Waals surface area contributed by atoms with Crippen molar-refractivity contribution in [3.8, 4) is 0 Å². The Hall–Kier alpha value is -0.820. The van der Waals surface area contributed by atoms with Crippen molar-refractivity contribution in [3.05, 3.63) is 30.1 Å². The molecule has 8 heteroatoms. The number of morpholine rings is 2. The molecule has 24 heavy (non-hydrogen) atoms. The number of hydrogen-bond acceptors (Lipinski definition) is 4. The summed E-state index contributed by atoms with van der Waals surface area (Å²) in [6.45, 7) is 8.61. The summed E-state index contributed by atoms with van der Waals surface area (Å²) < 4.78 is 18.3. The van der Waals surface area contributed by atoms with Crippen molar-refractivity contribution in [3.63, 3.8) is 0 Å². The number of nitrogens with zero attached hydrogens (tertiary/aromatic N) is 4. The summed E-state index contributed by atoms with van der Waals surface area (Å²) in [6.07, 6.45) is -0.0275. The normalized spacial score (nSPS) is 21.4. The Morgan fingerprint density at radius 3 is 2.17 bits per heavy atom. The van der Waals surface area contributed by atoms with Crippen molar-refractivity contribution >= 4 is 29.2 Å². The van der Waals surface area contributed by atoms with E-state index < -0.39 is 6.34 Å². The molecule has 4 rings (SSSR count). The second-order valence-electron chi connectivity index (χ2n) is 6.13. The van der Waals surface area contributed by atoms with Gasteiger partial charge >= 0.3 is 0 Å². The maximum atomic E-state index is 6.47. The van der Waals surface area contributed by atoms with E-state index in [1.54, 1.807) is 0 Å². The zero-order valence-corrected chi connectivity index (χ0v) is 15.6. The minimum Gasteiger partial charge on any atom is -0.379 e. The van der Waals surface area contributed by atoms with E-state index >= 15 is 0 Å². The number of aryl methyl sites for hydroxylation is 1. The summed E-state index contributed by atoms with van der Waals surface area (Å²) in [7, 11) is 0. The number of fused-ring (bicyclic) bond motifs is 1. The smallest absolute Gasteiger partial charge is 0.137 e. The first-order valence-corrected chi connectivity index (χ1v) is 11.1. The van der Waals surface area contributed by atoms with Crippen LogP contribution in [0.25, 0.3) is 5.65 Å². The van der Waals surface area contributed by atoms with Gasteiger partial charge in [0.05, 0.1) is 32.1 Å². The summed E-state index contributed by atoms with van der Waals surface area (Å²) in [5.74, 6) is 0. The Morgan fingerprint density at radius 1 is 1.00 bits per heavy atom. The number of hydrogen-bond donors (Lipinski definition) is 0. The second kappa shape index (κ2) is 6.83. The molecule has 2 fully saturated rings. The lowest BCUT2D eigenvalue weighted by molar-refractivity contribution is 0.0588. The van der Waals surface area contributed by atoms with Crippen molar-refractivity contribution < 1.29 is 9.47 Å². The van der Waals surface area contributed by atoms with E-state index in [9.17, 15) is 0 Å². The van der Waals surface area contributed by atoms with Crippen molar-refractivity contribution in [2.75, 3.05) is 52.6 Å². The molecule has 2 aromatic heterocycles. The third-order valence-corrected chi connectivity index (χ3v) is 10.0. The number of rotatable bonds is 3. The Kier molecular flexibility index (Phi) is 4.73. The number of pyridine rings is 1. The molecular formula is C16H23N4O2PS. The molecule has 0 aliphatic carbocycles. The van der Waals surface area contributed by atoms with E-state index in [0.717, 1.165) is 63.9 Å². The van der Waals surface area contributed by atoms with Crippen LogP contribution in [-0.4, -0.2) is 71.3 Å². The van der Waals surface area contributed by atoms with Crippen LogP contribution in [0.4, 0.5) is 0 Å². The van der Waals surface area contributed by atoms with Crippen LogP contribution in [0.3, 0.4) is 0 Å². The fraction of sp³-hybridized carbons (Fsp3) is 0.562. The minimum atomic E-state index is -2.12. The fourth-order valence-corrected chi connectivity index (χ4v) is 8.41. The van der Waals surface area contributed by atoms with Gasteiger partial charge in [-0.3, -0.25) is 13.7 Å². The van der Waals surface area contributed by atoms with E-state index in [1.807, 2.05) is 6.07 Å². The molecule has 0 radical (unpaired) electrons. The quantitative estimate of drug-likeness (QED) is 0.762. The first-order chi connectivity index (χ1) is 11.7. The Labute approximate surface area is 147 Å². The highest BCUT2D eigenvalue weighted by molar-refractivity contribution is 8.15. The van der Waals surface area contributed by atoms with Gasteiger partial charge in [0.25, 0.3) is 0 Å². The Bertz CT molecular complexity index is 747. The summed E-state index contributed by atoms with van der Waals surface area (Å²) in [6, 6.07) is 6.13. The molecule has 130 valence electrons. The van der Waals surface area contributed by atoms with E-state index in [4.69, 9.17) is 26.3 Å². The van der Waals surface area contributed by atoms with Gasteiger partial charge < -0.3 is 9.47 Å². The van der Waals surface area contributed by atoms with Gasteiger partial charge in [-0.05, 0) is 19.1 Å². The first-order valence-electron chi connectivity index (χ1n) is 8.42. The predicted octanol–water partition coefficient (Wildman–Crippen LogP) is 1.24. The topological polar surface area (TPSA) is 42.2 Å². The van der Waals surface area contributed by atoms with Crippen LogP contribution in [0.2, 0.25) is 0 Å². The molecule has 0 atom stereocenters. The molecule has 4 heterocycles. The Balaban J connectivity index is 1.87. The monoisotopic (exact) mass is 366 g/mol. The second-order valence-corrected chi connectivity index (χ2v) is 10.3. The Morgan fingerprint density at radius 2 is 1.58 bits per heavy atom. The fourth-order valence-electron chi connectivity index (χ4n) is 3.55. The third kappa shape index (κ3) is 2.73. The van der Waals surface area contributed by atoms with Gasteiger partial charge in [0, 0.05) is 32.4 Å². The van der Waals surface area contributed by atoms with E-state index in [0.29, 0.717) is 0 Å². The maximum Gasteiger partial charge on any atom is 0.137 e. The minimum absolute atomic E-state index is 0.749. The van der Waals surface area contributed by atoms with Gasteiger partial charge in [0.2, 0.25) is 0 Å². The zero-order chi connectivity index (χ0) is 16.6. The molecular weight excluding hydrogens is 343 g/mol. The largest absolute Gasteiger partial charge is 0.379 e. The molecule has 0 N–H and O–H groups in total. The van der Waals surface area contributed by atoms with Crippen molar-refractivity contribution in [2.45, 2.75) is 6.92 Å². The SMILES string of the molecule is Cc1nc2ccccn2c1P(=S)(N1CCOCC1)N1CCOCC1. The molecule has 2 saturated heterocycles. The summed E-state index contributed by atoms with van der Waals surface area (Å²) in [4.78, 5) is 4.78. The molecule has 0 unspecified atom stereocenters. The van der Waals surface area contributed by atoms with Crippen LogP contribution in [-0.2, 0) is 21.3 Å². The summed E-state index contributed by atoms with van der Waals surface area (Å²) in [5, 5.41) is 0. The molecule has 0 aromatic carbocycles. The zero-order valence-electron chi connectivity index (χ0n) is 13.9. The lowest BCUT2D eigenvalue weighted by Gasteiger charge is -2.45. The first kappa shape index (κ1) is 16.6. The van der Waals surface area contributed by atoms with Crippen LogP contribution < -0.4 is 5.44 Å². The standard InChI is InChI=1S/C16H23N4O2PS/c1-14-16(20-5-3-2-4-15(20)17-14)23(24,18-6-10-21-11-7-18)19-8-12-22-13-9-19/h2-5H,6-13H2,1H3. The molecule has 2 aliphatic rings. The average molecular weight is 366 g/mol. The van der Waals surface area contributed by atoms with Crippen LogP contribution in [0.5, 0.6) is 0 Å². The van der Waals surface area contributed by atoms with Crippen LogP contribution in [0.15, 0.2) is 24.4 Å². The molecule has 6 nitrogen and oxygen atoms in total. The summed E-state index contributed by atoms with van der Waals surface area (Å²) >= 11 is 6.47. The molecule has 0 bridgehead atoms. The van der Waals surface area contributed by atoms with Crippen LogP contribution in [0, 0.1) is 6.92 Å². The predicted molar refractivity (Wildman–Crippen MR) is 98.6 cm³/mol. The van der Waals surface area contributed by atoms with Gasteiger partial charge in [-0.25, -0.2) is 4.98 Å². The third-order valence-electron chi connectivity index (χ3n) is 4.69. The van der Waals surface area contributed by atoms with Crippen molar-refractivity contribution in [1.82, 2.24) is 18.7 Å². The van der Waals surface area contributed by atoms with Gasteiger partial charge in [-0.1, -0.05) is 17.9 Å². The lowest BCUT2D eigenvalue weighted by atomic mass is 10.5. The summed E-state index contributed by atoms with van der Waals surface area (Å²) in [5.41, 5.74) is 3.21. The number of imidazole rings is 1. The van der Waals surface area contributed by atoms with Gasteiger partial charge in [0.15, 0.2) is 0 Å². The maximum absolute atomic E-state index is 6.47. The van der Waals surface area contributed by atoms with Crippen LogP contribution in [0.1, 0.15) is 5.69 Å². The molecule has 0 saturated carbocycles. The number of ether oxygens (including phenoxy) is 2. The lowest BCUT2D eigenvalue weighted by Crippen LogP contribution is -2.47. The molecule has 0 spiro atoms. The van der Waals surface area contributed by atoms with E-state index in [1.165, 1.54) is 5.44 Å². The highest BCUT2D eigenvalue weighted by Gasteiger charge is 2.39. The van der Waals surface area contributed by atoms with Gasteiger partial charge in [0.1, 0.15) is 17.4 Å². The van der Waals surface area contributed by atoms with E-state index in [2.05, 4.69) is 39.0 Å². The number of aromatic nitrogens is 2. The van der Waals surface area contributed by atoms with E-state index in [-0.39, 0.29) is 0 Å². The highest BCUT2D eigenvalue weighted by Crippen LogP contribution is 2.53. The molecule has 0 amide bonds. The van der Waals surface area contributed by atoms with Crippen molar-refractivity contribution in [1.29, 1.82) is 0 Å². The van der Waals surface area contributed by atoms with Crippen molar-refractivity contribution in [2.24, 2.45) is 0 Å². The average Bonchev–Trinajstić information content (AvgIpc) is 2.99. The molecule has 2 aromatic rings. The van der Waals surface area contributed by atoms with Crippen LogP contribution >= 0.6 is 6.34 Å². The molecule has 2 aliphatic heterocycles. The van der Waals surface area contributed by atoms with Gasteiger partial charge in [-0.2, -0.15) is 0 Å². The highest BCUT2D eigenvalue weighted by atomic mass is 32.4.